The Hall–Kier alpha value is -1.80. The van der Waals surface area contributed by atoms with Gasteiger partial charge in [0.1, 0.15) is 0 Å². The second-order valence-electron chi connectivity index (χ2n) is 5.97. The number of rotatable bonds is 2. The molecule has 2 aliphatic heterocycles. The monoisotopic (exact) mass is 339 g/mol. The first kappa shape index (κ1) is 16.1. The van der Waals surface area contributed by atoms with E-state index in [9.17, 15) is 13.2 Å². The van der Waals surface area contributed by atoms with Crippen LogP contribution in [-0.4, -0.2) is 41.6 Å². The highest BCUT2D eigenvalue weighted by atomic mass is 32.2. The molecule has 8 heteroatoms. The van der Waals surface area contributed by atoms with Crippen LogP contribution in [0.1, 0.15) is 18.4 Å². The maximum Gasteiger partial charge on any atom is 0.326 e. The average Bonchev–Trinajstić information content (AvgIpc) is 2.70. The van der Waals surface area contributed by atoms with Gasteiger partial charge in [0.25, 0.3) is 0 Å². The molecule has 1 saturated heterocycles. The van der Waals surface area contributed by atoms with Gasteiger partial charge < -0.3 is 10.1 Å². The van der Waals surface area contributed by atoms with E-state index in [4.69, 9.17) is 4.74 Å². The zero-order valence-corrected chi connectivity index (χ0v) is 14.3. The Balaban J connectivity index is 1.88. The van der Waals surface area contributed by atoms with Crippen LogP contribution in [-0.2, 0) is 19.7 Å². The van der Waals surface area contributed by atoms with Crippen LogP contribution in [0, 0.1) is 12.8 Å². The van der Waals surface area contributed by atoms with Gasteiger partial charge in [0.15, 0.2) is 0 Å². The van der Waals surface area contributed by atoms with Gasteiger partial charge in [-0.25, -0.2) is 0 Å². The molecule has 126 valence electrons. The molecule has 1 aromatic carbocycles. The SMILES string of the molecule is Cc1cc2c(cc1NC(=O)C1CCOCC1)N(C)S(=O)(=O)N2C. The van der Waals surface area contributed by atoms with Crippen LogP contribution in [0.2, 0.25) is 0 Å². The molecule has 1 aromatic rings. The zero-order valence-electron chi connectivity index (χ0n) is 13.5. The van der Waals surface area contributed by atoms with Crippen LogP contribution in [0.15, 0.2) is 12.1 Å². The van der Waals surface area contributed by atoms with Gasteiger partial charge in [-0.15, -0.1) is 0 Å². The predicted molar refractivity (Wildman–Crippen MR) is 89.1 cm³/mol. The van der Waals surface area contributed by atoms with Crippen molar-refractivity contribution < 1.29 is 17.9 Å². The minimum atomic E-state index is -3.51. The number of anilines is 3. The standard InChI is InChI=1S/C15H21N3O4S/c1-10-8-13-14(18(3)23(20,21)17(13)2)9-12(10)16-15(19)11-4-6-22-7-5-11/h8-9,11H,4-7H2,1-3H3,(H,16,19). The van der Waals surface area contributed by atoms with Crippen LogP contribution in [0.3, 0.4) is 0 Å². The Morgan fingerprint density at radius 2 is 1.74 bits per heavy atom. The summed E-state index contributed by atoms with van der Waals surface area (Å²) in [7, 11) is -0.472. The fourth-order valence-corrected chi connectivity index (χ4v) is 4.10. The summed E-state index contributed by atoms with van der Waals surface area (Å²) in [6, 6.07) is 3.51. The number of carbonyl (C=O) groups excluding carboxylic acids is 1. The molecule has 0 radical (unpaired) electrons. The first-order valence-corrected chi connectivity index (χ1v) is 8.98. The van der Waals surface area contributed by atoms with Crippen molar-refractivity contribution in [2.75, 3.05) is 41.2 Å². The minimum absolute atomic E-state index is 0.0341. The summed E-state index contributed by atoms with van der Waals surface area (Å²) in [5, 5.41) is 2.94. The molecule has 2 aliphatic rings. The Morgan fingerprint density at radius 3 is 2.35 bits per heavy atom. The average molecular weight is 339 g/mol. The Morgan fingerprint density at radius 1 is 1.17 bits per heavy atom. The third-order valence-corrected chi connectivity index (χ3v) is 6.32. The topological polar surface area (TPSA) is 79.0 Å². The highest BCUT2D eigenvalue weighted by molar-refractivity contribution is 7.94. The van der Waals surface area contributed by atoms with Crippen LogP contribution in [0.4, 0.5) is 17.1 Å². The molecule has 1 N–H and O–H groups in total. The van der Waals surface area contributed by atoms with E-state index in [1.165, 1.54) is 22.7 Å². The number of benzene rings is 1. The summed E-state index contributed by atoms with van der Waals surface area (Å²) in [5.41, 5.74) is 2.67. The van der Waals surface area contributed by atoms with Crippen molar-refractivity contribution >= 4 is 33.2 Å². The van der Waals surface area contributed by atoms with E-state index in [1.54, 1.807) is 12.1 Å². The Kier molecular flexibility index (Phi) is 3.97. The van der Waals surface area contributed by atoms with Gasteiger partial charge in [-0.1, -0.05) is 0 Å². The third-order valence-electron chi connectivity index (χ3n) is 4.54. The highest BCUT2D eigenvalue weighted by Gasteiger charge is 2.36. The maximum absolute atomic E-state index is 12.4. The Bertz CT molecular complexity index is 741. The summed E-state index contributed by atoms with van der Waals surface area (Å²) in [5.74, 6) is -0.0891. The molecule has 0 aromatic heterocycles. The largest absolute Gasteiger partial charge is 0.381 e. The quantitative estimate of drug-likeness (QED) is 0.885. The van der Waals surface area contributed by atoms with Crippen LogP contribution in [0.25, 0.3) is 0 Å². The van der Waals surface area contributed by atoms with Crippen molar-refractivity contribution in [3.8, 4) is 0 Å². The lowest BCUT2D eigenvalue weighted by Gasteiger charge is -2.22. The molecule has 0 saturated carbocycles. The zero-order chi connectivity index (χ0) is 16.8. The highest BCUT2D eigenvalue weighted by Crippen LogP contribution is 2.42. The summed E-state index contributed by atoms with van der Waals surface area (Å²) in [6.07, 6.45) is 1.43. The fourth-order valence-electron chi connectivity index (χ4n) is 2.95. The maximum atomic E-state index is 12.4. The number of ether oxygens (including phenoxy) is 1. The van der Waals surface area contributed by atoms with Gasteiger partial charge >= 0.3 is 10.2 Å². The molecule has 0 bridgehead atoms. The molecule has 23 heavy (non-hydrogen) atoms. The number of nitrogens with zero attached hydrogens (tertiary/aromatic N) is 2. The fraction of sp³-hybridized carbons (Fsp3) is 0.533. The summed E-state index contributed by atoms with van der Waals surface area (Å²) < 4.78 is 32.1. The molecule has 0 spiro atoms. The molecule has 0 atom stereocenters. The number of nitrogens with one attached hydrogen (secondary N) is 1. The lowest BCUT2D eigenvalue weighted by molar-refractivity contribution is -0.122. The number of amides is 1. The molecule has 0 aliphatic carbocycles. The van der Waals surface area contributed by atoms with Crippen molar-refractivity contribution in [2.45, 2.75) is 19.8 Å². The molecule has 2 heterocycles. The van der Waals surface area contributed by atoms with Gasteiger partial charge in [0.2, 0.25) is 5.91 Å². The van der Waals surface area contributed by atoms with Gasteiger partial charge in [-0.2, -0.15) is 8.42 Å². The molecule has 3 rings (SSSR count). The van der Waals surface area contributed by atoms with E-state index in [-0.39, 0.29) is 11.8 Å². The molecule has 1 amide bonds. The van der Waals surface area contributed by atoms with Crippen LogP contribution >= 0.6 is 0 Å². The van der Waals surface area contributed by atoms with E-state index in [2.05, 4.69) is 5.32 Å². The van der Waals surface area contributed by atoms with Crippen molar-refractivity contribution in [2.24, 2.45) is 5.92 Å². The second kappa shape index (κ2) is 5.68. The van der Waals surface area contributed by atoms with E-state index in [0.29, 0.717) is 43.1 Å². The normalized spacial score (nSPS) is 20.5. The third kappa shape index (κ3) is 2.66. The Labute approximate surface area is 136 Å². The summed E-state index contributed by atoms with van der Waals surface area (Å²) in [4.78, 5) is 12.4. The lowest BCUT2D eigenvalue weighted by atomic mass is 9.99. The molecular formula is C15H21N3O4S. The molecule has 7 nitrogen and oxygen atoms in total. The number of fused-ring (bicyclic) bond motifs is 1. The molecular weight excluding hydrogens is 318 g/mol. The smallest absolute Gasteiger partial charge is 0.326 e. The van der Waals surface area contributed by atoms with Crippen molar-refractivity contribution in [1.82, 2.24) is 0 Å². The second-order valence-corrected chi connectivity index (χ2v) is 7.97. The van der Waals surface area contributed by atoms with E-state index >= 15 is 0 Å². The molecule has 1 fully saturated rings. The van der Waals surface area contributed by atoms with E-state index in [0.717, 1.165) is 5.56 Å². The van der Waals surface area contributed by atoms with E-state index in [1.807, 2.05) is 6.92 Å². The number of hydrogen-bond acceptors (Lipinski definition) is 4. The van der Waals surface area contributed by atoms with Gasteiger partial charge in [0.05, 0.1) is 11.4 Å². The van der Waals surface area contributed by atoms with Crippen molar-refractivity contribution in [3.05, 3.63) is 17.7 Å². The minimum Gasteiger partial charge on any atom is -0.381 e. The number of hydrogen-bond donors (Lipinski definition) is 1. The summed E-state index contributed by atoms with van der Waals surface area (Å²) in [6.45, 7) is 3.07. The van der Waals surface area contributed by atoms with Crippen LogP contribution < -0.4 is 13.9 Å². The predicted octanol–water partition coefficient (Wildman–Crippen LogP) is 1.49. The van der Waals surface area contributed by atoms with Crippen molar-refractivity contribution in [3.63, 3.8) is 0 Å². The number of carbonyl (C=O) groups is 1. The summed E-state index contributed by atoms with van der Waals surface area (Å²) >= 11 is 0. The van der Waals surface area contributed by atoms with Gasteiger partial charge in [-0.05, 0) is 37.5 Å². The first-order chi connectivity index (χ1) is 10.8. The number of aryl methyl sites for hydroxylation is 1. The van der Waals surface area contributed by atoms with E-state index < -0.39 is 10.2 Å². The molecule has 0 unspecified atom stereocenters. The first-order valence-electron chi connectivity index (χ1n) is 7.58. The van der Waals surface area contributed by atoms with Gasteiger partial charge in [-0.3, -0.25) is 13.4 Å². The van der Waals surface area contributed by atoms with Gasteiger partial charge in [0, 0.05) is 38.9 Å². The van der Waals surface area contributed by atoms with Crippen molar-refractivity contribution in [1.29, 1.82) is 0 Å². The van der Waals surface area contributed by atoms with Crippen LogP contribution in [0.5, 0.6) is 0 Å². The lowest BCUT2D eigenvalue weighted by Crippen LogP contribution is -2.32.